The zero-order chi connectivity index (χ0) is 15.0. The van der Waals surface area contributed by atoms with Crippen molar-refractivity contribution < 1.29 is 0 Å². The van der Waals surface area contributed by atoms with Crippen molar-refractivity contribution in [2.24, 2.45) is 0 Å². The monoisotopic (exact) mass is 299 g/mol. The number of aryl methyl sites for hydroxylation is 2. The van der Waals surface area contributed by atoms with E-state index in [0.29, 0.717) is 0 Å². The molecule has 3 rings (SSSR count). The highest BCUT2D eigenvalue weighted by molar-refractivity contribution is 6.20. The van der Waals surface area contributed by atoms with Gasteiger partial charge in [-0.1, -0.05) is 29.8 Å². The van der Waals surface area contributed by atoms with Gasteiger partial charge in [-0.15, -0.1) is 11.6 Å². The van der Waals surface area contributed by atoms with Crippen molar-refractivity contribution >= 4 is 22.8 Å². The molecular weight excluding hydrogens is 282 g/mol. The lowest BCUT2D eigenvalue weighted by Gasteiger charge is -2.10. The van der Waals surface area contributed by atoms with E-state index in [2.05, 4.69) is 51.8 Å². The Morgan fingerprint density at radius 3 is 2.71 bits per heavy atom. The van der Waals surface area contributed by atoms with Gasteiger partial charge < -0.3 is 4.57 Å². The molecule has 0 radical (unpaired) electrons. The average molecular weight is 300 g/mol. The molecule has 0 saturated heterocycles. The summed E-state index contributed by atoms with van der Waals surface area (Å²) in [5, 5.41) is -0.149. The maximum Gasteiger partial charge on any atom is 0.160 e. The van der Waals surface area contributed by atoms with Crippen LogP contribution in [0.3, 0.4) is 0 Å². The minimum absolute atomic E-state index is 0.149. The van der Waals surface area contributed by atoms with E-state index >= 15 is 0 Å². The molecule has 108 valence electrons. The van der Waals surface area contributed by atoms with Crippen molar-refractivity contribution in [1.29, 1.82) is 0 Å². The number of benzene rings is 1. The number of imidazole rings is 1. The molecule has 0 bridgehead atoms. The first kappa shape index (κ1) is 14.1. The molecular formula is C17H18ClN3. The van der Waals surface area contributed by atoms with Crippen molar-refractivity contribution in [3.05, 3.63) is 59.0 Å². The van der Waals surface area contributed by atoms with Crippen LogP contribution in [0.2, 0.25) is 0 Å². The van der Waals surface area contributed by atoms with Crippen LogP contribution in [0.1, 0.15) is 34.8 Å². The highest BCUT2D eigenvalue weighted by Crippen LogP contribution is 2.25. The predicted molar refractivity (Wildman–Crippen MR) is 86.8 cm³/mol. The first-order valence-electron chi connectivity index (χ1n) is 7.07. The molecule has 0 aliphatic heterocycles. The first-order chi connectivity index (χ1) is 10.0. The van der Waals surface area contributed by atoms with Gasteiger partial charge in [0, 0.05) is 6.20 Å². The second-order valence-electron chi connectivity index (χ2n) is 5.52. The molecule has 1 atom stereocenters. The Balaban J connectivity index is 2.13. The molecule has 2 heterocycles. The summed E-state index contributed by atoms with van der Waals surface area (Å²) in [5.41, 5.74) is 5.39. The Hall–Kier alpha value is -1.87. The minimum atomic E-state index is -0.149. The molecule has 0 aliphatic carbocycles. The number of fused-ring (bicyclic) bond motifs is 1. The average Bonchev–Trinajstić information content (AvgIpc) is 2.77. The van der Waals surface area contributed by atoms with Crippen LogP contribution in [-0.2, 0) is 6.54 Å². The fraction of sp³-hybridized carbons (Fsp3) is 0.294. The summed E-state index contributed by atoms with van der Waals surface area (Å²) < 4.78 is 2.11. The van der Waals surface area contributed by atoms with Gasteiger partial charge in [0.15, 0.2) is 5.65 Å². The van der Waals surface area contributed by atoms with Crippen molar-refractivity contribution in [3.8, 4) is 0 Å². The summed E-state index contributed by atoms with van der Waals surface area (Å²) in [6, 6.07) is 10.5. The van der Waals surface area contributed by atoms with E-state index in [4.69, 9.17) is 11.6 Å². The molecule has 0 fully saturated rings. The Morgan fingerprint density at radius 1 is 1.19 bits per heavy atom. The van der Waals surface area contributed by atoms with Crippen LogP contribution < -0.4 is 0 Å². The summed E-state index contributed by atoms with van der Waals surface area (Å²) >= 11 is 6.31. The van der Waals surface area contributed by atoms with Crippen LogP contribution >= 0.6 is 11.6 Å². The van der Waals surface area contributed by atoms with Crippen LogP contribution in [-0.4, -0.2) is 14.5 Å². The fourth-order valence-corrected chi connectivity index (χ4v) is 2.75. The van der Waals surface area contributed by atoms with Gasteiger partial charge in [-0.3, -0.25) is 0 Å². The summed E-state index contributed by atoms with van der Waals surface area (Å²) in [4.78, 5) is 9.20. The third kappa shape index (κ3) is 2.79. The maximum atomic E-state index is 6.31. The van der Waals surface area contributed by atoms with Crippen molar-refractivity contribution in [1.82, 2.24) is 14.5 Å². The Labute approximate surface area is 129 Å². The summed E-state index contributed by atoms with van der Waals surface area (Å²) in [6.45, 7) is 6.81. The van der Waals surface area contributed by atoms with Gasteiger partial charge >= 0.3 is 0 Å². The Bertz CT molecular complexity index is 790. The number of rotatable bonds is 3. The van der Waals surface area contributed by atoms with E-state index in [1.807, 2.05) is 20.0 Å². The summed E-state index contributed by atoms with van der Waals surface area (Å²) in [5.74, 6) is 0.867. The van der Waals surface area contributed by atoms with Gasteiger partial charge in [0.2, 0.25) is 0 Å². The number of hydrogen-bond acceptors (Lipinski definition) is 2. The number of alkyl halides is 1. The quantitative estimate of drug-likeness (QED) is 0.671. The van der Waals surface area contributed by atoms with Crippen LogP contribution in [0.15, 0.2) is 36.5 Å². The standard InChI is InChI=1S/C17H18ClN3/c1-11-5-4-6-14(7-11)10-21-16(13(3)18)20-15-8-12(2)9-19-17(15)21/h4-9,13H,10H2,1-3H3. The van der Waals surface area contributed by atoms with Gasteiger partial charge in [-0.2, -0.15) is 0 Å². The Kier molecular flexibility index (Phi) is 3.68. The van der Waals surface area contributed by atoms with E-state index in [1.54, 1.807) is 0 Å². The van der Waals surface area contributed by atoms with Gasteiger partial charge in [-0.05, 0) is 38.0 Å². The number of halogens is 1. The summed E-state index contributed by atoms with van der Waals surface area (Å²) in [7, 11) is 0. The second kappa shape index (κ2) is 5.49. The molecule has 0 spiro atoms. The van der Waals surface area contributed by atoms with E-state index in [-0.39, 0.29) is 5.38 Å². The number of aromatic nitrogens is 3. The number of pyridine rings is 1. The Morgan fingerprint density at radius 2 is 2.00 bits per heavy atom. The molecule has 21 heavy (non-hydrogen) atoms. The maximum absolute atomic E-state index is 6.31. The van der Waals surface area contributed by atoms with Crippen LogP contribution in [0.25, 0.3) is 11.2 Å². The molecule has 3 nitrogen and oxygen atoms in total. The third-order valence-corrected chi connectivity index (χ3v) is 3.73. The van der Waals surface area contributed by atoms with Gasteiger partial charge in [0.25, 0.3) is 0 Å². The fourth-order valence-electron chi connectivity index (χ4n) is 2.58. The molecule has 2 aromatic heterocycles. The smallest absolute Gasteiger partial charge is 0.160 e. The minimum Gasteiger partial charge on any atom is -0.307 e. The molecule has 0 aliphatic rings. The van der Waals surface area contributed by atoms with Crippen molar-refractivity contribution in [2.45, 2.75) is 32.7 Å². The van der Waals surface area contributed by atoms with Gasteiger partial charge in [-0.25, -0.2) is 9.97 Å². The third-order valence-electron chi connectivity index (χ3n) is 3.53. The topological polar surface area (TPSA) is 30.7 Å². The predicted octanol–water partition coefficient (Wildman–Crippen LogP) is 4.40. The molecule has 1 aromatic carbocycles. The van der Waals surface area contributed by atoms with Crippen LogP contribution in [0, 0.1) is 13.8 Å². The lowest BCUT2D eigenvalue weighted by Crippen LogP contribution is -2.06. The molecule has 1 unspecified atom stereocenters. The lowest BCUT2D eigenvalue weighted by molar-refractivity contribution is 0.736. The van der Waals surface area contributed by atoms with Gasteiger partial charge in [0.05, 0.1) is 11.9 Å². The molecule has 0 N–H and O–H groups in total. The SMILES string of the molecule is Cc1cccc(Cn2c(C(C)Cl)nc3cc(C)cnc32)c1. The van der Waals surface area contributed by atoms with Crippen molar-refractivity contribution in [3.63, 3.8) is 0 Å². The highest BCUT2D eigenvalue weighted by Gasteiger charge is 2.16. The van der Waals surface area contributed by atoms with Gasteiger partial charge in [0.1, 0.15) is 11.3 Å². The van der Waals surface area contributed by atoms with E-state index in [9.17, 15) is 0 Å². The molecule has 0 saturated carbocycles. The lowest BCUT2D eigenvalue weighted by atomic mass is 10.1. The molecule has 0 amide bonds. The van der Waals surface area contributed by atoms with Crippen LogP contribution in [0.5, 0.6) is 0 Å². The molecule has 4 heteroatoms. The van der Waals surface area contributed by atoms with Crippen molar-refractivity contribution in [2.75, 3.05) is 0 Å². The highest BCUT2D eigenvalue weighted by atomic mass is 35.5. The number of nitrogens with zero attached hydrogens (tertiary/aromatic N) is 3. The largest absolute Gasteiger partial charge is 0.307 e. The van der Waals surface area contributed by atoms with E-state index in [1.165, 1.54) is 11.1 Å². The normalized spacial score (nSPS) is 12.8. The van der Waals surface area contributed by atoms with E-state index < -0.39 is 0 Å². The zero-order valence-corrected chi connectivity index (χ0v) is 13.2. The zero-order valence-electron chi connectivity index (χ0n) is 12.5. The van der Waals surface area contributed by atoms with Crippen LogP contribution in [0.4, 0.5) is 0 Å². The second-order valence-corrected chi connectivity index (χ2v) is 6.17. The first-order valence-corrected chi connectivity index (χ1v) is 7.50. The summed E-state index contributed by atoms with van der Waals surface area (Å²) in [6.07, 6.45) is 1.87. The van der Waals surface area contributed by atoms with E-state index in [0.717, 1.165) is 29.1 Å². The number of hydrogen-bond donors (Lipinski definition) is 0. The molecule has 3 aromatic rings.